The third-order valence-electron chi connectivity index (χ3n) is 4.06. The number of hydrogen-bond acceptors (Lipinski definition) is 4. The summed E-state index contributed by atoms with van der Waals surface area (Å²) >= 11 is 0. The number of halogens is 1. The molecule has 2 N–H and O–H groups in total. The van der Waals surface area contributed by atoms with Crippen LogP contribution in [0.2, 0.25) is 0 Å². The zero-order valence-electron chi connectivity index (χ0n) is 13.7. The van der Waals surface area contributed by atoms with E-state index in [1.165, 1.54) is 12.1 Å². The normalized spacial score (nSPS) is 17.0. The van der Waals surface area contributed by atoms with Crippen molar-refractivity contribution in [2.24, 2.45) is 0 Å². The van der Waals surface area contributed by atoms with Gasteiger partial charge in [-0.3, -0.25) is 9.69 Å². The fourth-order valence-corrected chi connectivity index (χ4v) is 2.76. The van der Waals surface area contributed by atoms with Gasteiger partial charge in [-0.05, 0) is 37.7 Å². The van der Waals surface area contributed by atoms with Crippen molar-refractivity contribution in [1.82, 2.24) is 15.5 Å². The molecule has 1 atom stereocenters. The van der Waals surface area contributed by atoms with Crippen molar-refractivity contribution in [2.75, 3.05) is 46.4 Å². The fourth-order valence-electron chi connectivity index (χ4n) is 2.76. The minimum atomic E-state index is -0.245. The summed E-state index contributed by atoms with van der Waals surface area (Å²) in [6, 6.07) is 6.58. The van der Waals surface area contributed by atoms with Crippen molar-refractivity contribution in [3.63, 3.8) is 0 Å². The molecule has 1 saturated heterocycles. The minimum absolute atomic E-state index is 0.0488. The minimum Gasteiger partial charge on any atom is -0.379 e. The Morgan fingerprint density at radius 1 is 1.30 bits per heavy atom. The molecular formula is C17H26FN3O2. The molecule has 1 aliphatic rings. The van der Waals surface area contributed by atoms with Crippen molar-refractivity contribution in [3.8, 4) is 0 Å². The van der Waals surface area contributed by atoms with E-state index in [4.69, 9.17) is 4.74 Å². The smallest absolute Gasteiger partial charge is 0.220 e. The molecule has 0 aliphatic carbocycles. The van der Waals surface area contributed by atoms with Crippen LogP contribution in [-0.4, -0.2) is 57.2 Å². The molecule has 6 heteroatoms. The molecule has 0 saturated carbocycles. The van der Waals surface area contributed by atoms with E-state index in [9.17, 15) is 9.18 Å². The third kappa shape index (κ3) is 5.89. The lowest BCUT2D eigenvalue weighted by atomic mass is 10.0. The van der Waals surface area contributed by atoms with E-state index in [0.717, 1.165) is 31.6 Å². The predicted octanol–water partition coefficient (Wildman–Crippen LogP) is 1.31. The van der Waals surface area contributed by atoms with Crippen molar-refractivity contribution in [2.45, 2.75) is 18.9 Å². The van der Waals surface area contributed by atoms with Crippen LogP contribution >= 0.6 is 0 Å². The zero-order valence-corrected chi connectivity index (χ0v) is 13.7. The second kappa shape index (κ2) is 9.60. The van der Waals surface area contributed by atoms with E-state index in [0.29, 0.717) is 26.2 Å². The maximum Gasteiger partial charge on any atom is 0.220 e. The van der Waals surface area contributed by atoms with Crippen LogP contribution in [0.4, 0.5) is 4.39 Å². The first-order valence-corrected chi connectivity index (χ1v) is 8.19. The first-order valence-electron chi connectivity index (χ1n) is 8.19. The summed E-state index contributed by atoms with van der Waals surface area (Å²) in [5.41, 5.74) is 1.02. The molecule has 23 heavy (non-hydrogen) atoms. The maximum atomic E-state index is 13.2. The Morgan fingerprint density at radius 3 is 2.65 bits per heavy atom. The van der Waals surface area contributed by atoms with Gasteiger partial charge in [0.1, 0.15) is 5.82 Å². The lowest BCUT2D eigenvalue weighted by molar-refractivity contribution is -0.121. The molecule has 128 valence electrons. The van der Waals surface area contributed by atoms with Crippen molar-refractivity contribution < 1.29 is 13.9 Å². The molecule has 1 unspecified atom stereocenters. The topological polar surface area (TPSA) is 53.6 Å². The number of rotatable bonds is 8. The van der Waals surface area contributed by atoms with Crippen LogP contribution in [0.1, 0.15) is 24.4 Å². The van der Waals surface area contributed by atoms with Gasteiger partial charge in [-0.25, -0.2) is 4.39 Å². The van der Waals surface area contributed by atoms with Gasteiger partial charge in [0.2, 0.25) is 5.91 Å². The Labute approximate surface area is 137 Å². The second-order valence-electron chi connectivity index (χ2n) is 5.73. The van der Waals surface area contributed by atoms with Gasteiger partial charge in [0.05, 0.1) is 19.3 Å². The Hall–Kier alpha value is -1.50. The number of nitrogens with one attached hydrogen (secondary N) is 2. The van der Waals surface area contributed by atoms with E-state index < -0.39 is 0 Å². The van der Waals surface area contributed by atoms with Gasteiger partial charge < -0.3 is 15.4 Å². The molecule has 1 aliphatic heterocycles. The van der Waals surface area contributed by atoms with Crippen LogP contribution in [-0.2, 0) is 9.53 Å². The number of hydrogen-bond donors (Lipinski definition) is 2. The van der Waals surface area contributed by atoms with E-state index >= 15 is 0 Å². The second-order valence-corrected chi connectivity index (χ2v) is 5.73. The summed E-state index contributed by atoms with van der Waals surface area (Å²) in [5.74, 6) is -0.189. The molecule has 1 aromatic carbocycles. The molecule has 0 radical (unpaired) electrons. The molecule has 0 aromatic heterocycles. The van der Waals surface area contributed by atoms with Gasteiger partial charge in [-0.2, -0.15) is 0 Å². The Balaban J connectivity index is 1.95. The molecule has 5 nitrogen and oxygen atoms in total. The zero-order chi connectivity index (χ0) is 16.5. The SMILES string of the molecule is CNCCCC(=O)NCC(c1ccc(F)cc1)N1CCOCC1. The predicted molar refractivity (Wildman–Crippen MR) is 87.7 cm³/mol. The largest absolute Gasteiger partial charge is 0.379 e. The highest BCUT2D eigenvalue weighted by molar-refractivity contribution is 5.75. The van der Waals surface area contributed by atoms with E-state index in [-0.39, 0.29) is 17.8 Å². The number of nitrogens with zero attached hydrogens (tertiary/aromatic N) is 1. The first-order chi connectivity index (χ1) is 11.2. The number of carbonyl (C=O) groups is 1. The monoisotopic (exact) mass is 323 g/mol. The van der Waals surface area contributed by atoms with E-state index in [2.05, 4.69) is 15.5 Å². The summed E-state index contributed by atoms with van der Waals surface area (Å²) in [6.45, 7) is 4.37. The summed E-state index contributed by atoms with van der Waals surface area (Å²) in [5, 5.41) is 6.04. The number of ether oxygens (including phenoxy) is 1. The molecular weight excluding hydrogens is 297 g/mol. The van der Waals surface area contributed by atoms with Crippen LogP contribution in [0.25, 0.3) is 0 Å². The van der Waals surface area contributed by atoms with E-state index in [1.807, 2.05) is 7.05 Å². The molecule has 0 bridgehead atoms. The Kier molecular flexibility index (Phi) is 7.45. The first kappa shape index (κ1) is 17.8. The lowest BCUT2D eigenvalue weighted by Gasteiger charge is -2.35. The Morgan fingerprint density at radius 2 is 2.00 bits per heavy atom. The molecule has 1 fully saturated rings. The number of carbonyl (C=O) groups excluding carboxylic acids is 1. The average molecular weight is 323 g/mol. The average Bonchev–Trinajstić information content (AvgIpc) is 2.58. The summed E-state index contributed by atoms with van der Waals surface area (Å²) in [4.78, 5) is 14.2. The van der Waals surface area contributed by atoms with Gasteiger partial charge in [0.15, 0.2) is 0 Å². The van der Waals surface area contributed by atoms with Gasteiger partial charge in [-0.15, -0.1) is 0 Å². The van der Waals surface area contributed by atoms with Crippen molar-refractivity contribution in [3.05, 3.63) is 35.6 Å². The fraction of sp³-hybridized carbons (Fsp3) is 0.588. The van der Waals surface area contributed by atoms with Crippen molar-refractivity contribution in [1.29, 1.82) is 0 Å². The highest BCUT2D eigenvalue weighted by Crippen LogP contribution is 2.21. The van der Waals surface area contributed by atoms with Gasteiger partial charge in [-0.1, -0.05) is 12.1 Å². The molecule has 2 rings (SSSR count). The summed E-state index contributed by atoms with van der Waals surface area (Å²) < 4.78 is 18.6. The summed E-state index contributed by atoms with van der Waals surface area (Å²) in [7, 11) is 1.88. The lowest BCUT2D eigenvalue weighted by Crippen LogP contribution is -2.43. The number of benzene rings is 1. The third-order valence-corrected chi connectivity index (χ3v) is 4.06. The molecule has 1 heterocycles. The van der Waals surface area contributed by atoms with Crippen LogP contribution in [0, 0.1) is 5.82 Å². The van der Waals surface area contributed by atoms with Crippen LogP contribution in [0.5, 0.6) is 0 Å². The van der Waals surface area contributed by atoms with Crippen molar-refractivity contribution >= 4 is 5.91 Å². The van der Waals surface area contributed by atoms with Crippen LogP contribution in [0.3, 0.4) is 0 Å². The Bertz CT molecular complexity index is 475. The number of amides is 1. The molecule has 1 aromatic rings. The maximum absolute atomic E-state index is 13.2. The standard InChI is InChI=1S/C17H26FN3O2/c1-19-8-2-3-17(22)20-13-16(21-9-11-23-12-10-21)14-4-6-15(18)7-5-14/h4-7,16,19H,2-3,8-13H2,1H3,(H,20,22). The van der Waals surface area contributed by atoms with Crippen LogP contribution in [0.15, 0.2) is 24.3 Å². The van der Waals surface area contributed by atoms with E-state index in [1.54, 1.807) is 12.1 Å². The highest BCUT2D eigenvalue weighted by Gasteiger charge is 2.23. The van der Waals surface area contributed by atoms with Gasteiger partial charge in [0.25, 0.3) is 0 Å². The quantitative estimate of drug-likeness (QED) is 0.709. The number of morpholine rings is 1. The van der Waals surface area contributed by atoms with Gasteiger partial charge in [0, 0.05) is 26.1 Å². The van der Waals surface area contributed by atoms with Gasteiger partial charge >= 0.3 is 0 Å². The van der Waals surface area contributed by atoms with Crippen LogP contribution < -0.4 is 10.6 Å². The molecule has 0 spiro atoms. The molecule has 1 amide bonds. The highest BCUT2D eigenvalue weighted by atomic mass is 19.1. The summed E-state index contributed by atoms with van der Waals surface area (Å²) in [6.07, 6.45) is 1.33.